The fraction of sp³-hybridized carbons (Fsp3) is 0.0833. The van der Waals surface area contributed by atoms with Crippen molar-refractivity contribution in [2.45, 2.75) is 10.2 Å². The van der Waals surface area contributed by atoms with Crippen LogP contribution in [0, 0.1) is 0 Å². The molecule has 2 aromatic heterocycles. The lowest BCUT2D eigenvalue weighted by Crippen LogP contribution is -2.05. The number of nitrogens with zero attached hydrogens (tertiary/aromatic N) is 5. The van der Waals surface area contributed by atoms with E-state index in [1.165, 1.54) is 18.1 Å². The second kappa shape index (κ2) is 4.89. The average molecular weight is 287 g/mol. The van der Waals surface area contributed by atoms with Crippen LogP contribution < -0.4 is 0 Å². The van der Waals surface area contributed by atoms with Crippen molar-refractivity contribution in [2.75, 3.05) is 0 Å². The molecule has 2 heterocycles. The zero-order valence-electron chi connectivity index (χ0n) is 10.4. The van der Waals surface area contributed by atoms with Crippen LogP contribution in [0.25, 0.3) is 10.9 Å². The number of carbonyl (C=O) groups is 1. The number of fused-ring (bicyclic) bond motifs is 1. The molecule has 0 amide bonds. The van der Waals surface area contributed by atoms with Crippen LogP contribution in [0.3, 0.4) is 0 Å². The van der Waals surface area contributed by atoms with Gasteiger partial charge in [-0.15, -0.1) is 0 Å². The van der Waals surface area contributed by atoms with Gasteiger partial charge in [0.2, 0.25) is 5.82 Å². The normalized spacial score (nSPS) is 10.8. The Morgan fingerprint density at radius 3 is 2.80 bits per heavy atom. The van der Waals surface area contributed by atoms with Gasteiger partial charge < -0.3 is 5.11 Å². The van der Waals surface area contributed by atoms with Crippen molar-refractivity contribution >= 4 is 28.6 Å². The highest BCUT2D eigenvalue weighted by Crippen LogP contribution is 2.29. The summed E-state index contributed by atoms with van der Waals surface area (Å²) in [5.74, 6) is -1.39. The van der Waals surface area contributed by atoms with Crippen molar-refractivity contribution in [3.8, 4) is 0 Å². The Hall–Kier alpha value is -2.48. The third-order valence-electron chi connectivity index (χ3n) is 2.62. The number of benzene rings is 1. The molecule has 0 aliphatic rings. The monoisotopic (exact) mass is 287 g/mol. The molecule has 100 valence electrons. The van der Waals surface area contributed by atoms with E-state index in [4.69, 9.17) is 5.11 Å². The number of aryl methyl sites for hydroxylation is 1. The molecule has 0 aliphatic heterocycles. The molecule has 0 unspecified atom stereocenters. The van der Waals surface area contributed by atoms with Gasteiger partial charge >= 0.3 is 5.97 Å². The van der Waals surface area contributed by atoms with E-state index in [1.54, 1.807) is 23.9 Å². The van der Waals surface area contributed by atoms with Crippen LogP contribution in [0.2, 0.25) is 0 Å². The van der Waals surface area contributed by atoms with Gasteiger partial charge in [0.05, 0.1) is 5.52 Å². The minimum Gasteiger partial charge on any atom is -0.475 e. The molecule has 0 saturated heterocycles. The molecule has 0 fully saturated rings. The van der Waals surface area contributed by atoms with Crippen LogP contribution in [0.4, 0.5) is 0 Å². The maximum atomic E-state index is 11.1. The number of para-hydroxylation sites is 1. The highest BCUT2D eigenvalue weighted by Gasteiger charge is 2.15. The molecule has 1 N–H and O–H groups in total. The number of aromatic nitrogens is 5. The largest absolute Gasteiger partial charge is 0.475 e. The van der Waals surface area contributed by atoms with Crippen LogP contribution in [-0.2, 0) is 7.05 Å². The number of hydrogen-bond acceptors (Lipinski definition) is 6. The number of carboxylic acids is 1. The standard InChI is InChI=1S/C12H9N5O2S/c1-17-12(13-6-14-17)20-10-7-4-2-3-5-8(7)15-9(16-10)11(18)19/h2-6H,1H3,(H,18,19). The fourth-order valence-electron chi connectivity index (χ4n) is 1.69. The lowest BCUT2D eigenvalue weighted by molar-refractivity contribution is 0.0683. The molecular formula is C12H9N5O2S. The van der Waals surface area contributed by atoms with Gasteiger partial charge in [0.1, 0.15) is 11.4 Å². The molecule has 3 rings (SSSR count). The van der Waals surface area contributed by atoms with Gasteiger partial charge in [-0.25, -0.2) is 24.4 Å². The minimum absolute atomic E-state index is 0.228. The maximum absolute atomic E-state index is 11.1. The summed E-state index contributed by atoms with van der Waals surface area (Å²) < 4.78 is 1.60. The molecule has 0 aliphatic carbocycles. The smallest absolute Gasteiger partial charge is 0.373 e. The zero-order valence-corrected chi connectivity index (χ0v) is 11.2. The van der Waals surface area contributed by atoms with Gasteiger partial charge in [-0.05, 0) is 17.8 Å². The third-order valence-corrected chi connectivity index (χ3v) is 3.67. The Bertz CT molecular complexity index is 801. The van der Waals surface area contributed by atoms with Crippen molar-refractivity contribution in [1.82, 2.24) is 24.7 Å². The highest BCUT2D eigenvalue weighted by atomic mass is 32.2. The van der Waals surface area contributed by atoms with Gasteiger partial charge in [0.15, 0.2) is 5.16 Å². The first-order chi connectivity index (χ1) is 9.65. The maximum Gasteiger partial charge on any atom is 0.373 e. The topological polar surface area (TPSA) is 93.8 Å². The van der Waals surface area contributed by atoms with E-state index in [2.05, 4.69) is 20.1 Å². The summed E-state index contributed by atoms with van der Waals surface area (Å²) >= 11 is 1.26. The van der Waals surface area contributed by atoms with Crippen LogP contribution in [0.1, 0.15) is 10.6 Å². The van der Waals surface area contributed by atoms with E-state index in [-0.39, 0.29) is 5.82 Å². The predicted molar refractivity (Wildman–Crippen MR) is 71.6 cm³/mol. The van der Waals surface area contributed by atoms with Crippen LogP contribution in [0.5, 0.6) is 0 Å². The van der Waals surface area contributed by atoms with E-state index >= 15 is 0 Å². The molecule has 3 aromatic rings. The summed E-state index contributed by atoms with van der Waals surface area (Å²) in [6, 6.07) is 7.26. The minimum atomic E-state index is -1.16. The van der Waals surface area contributed by atoms with E-state index in [0.29, 0.717) is 15.7 Å². The third kappa shape index (κ3) is 2.21. The van der Waals surface area contributed by atoms with Gasteiger partial charge in [-0.1, -0.05) is 18.2 Å². The Kier molecular flexibility index (Phi) is 3.07. The number of aromatic carboxylic acids is 1. The first-order valence-corrected chi connectivity index (χ1v) is 6.49. The molecule has 0 atom stereocenters. The quantitative estimate of drug-likeness (QED) is 0.731. The second-order valence-electron chi connectivity index (χ2n) is 3.94. The first-order valence-electron chi connectivity index (χ1n) is 5.67. The Morgan fingerprint density at radius 2 is 2.10 bits per heavy atom. The SMILES string of the molecule is Cn1ncnc1Sc1nc(C(=O)O)nc2ccccc12. The van der Waals surface area contributed by atoms with E-state index in [9.17, 15) is 4.79 Å². The Morgan fingerprint density at radius 1 is 1.30 bits per heavy atom. The lowest BCUT2D eigenvalue weighted by Gasteiger charge is -2.05. The molecule has 0 spiro atoms. The predicted octanol–water partition coefficient (Wildman–Crippen LogP) is 1.61. The van der Waals surface area contributed by atoms with Gasteiger partial charge in [-0.3, -0.25) is 0 Å². The summed E-state index contributed by atoms with van der Waals surface area (Å²) in [6.07, 6.45) is 1.43. The summed E-state index contributed by atoms with van der Waals surface area (Å²) in [5, 5.41) is 15.0. The second-order valence-corrected chi connectivity index (χ2v) is 4.90. The van der Waals surface area contributed by atoms with Crippen molar-refractivity contribution in [3.05, 3.63) is 36.4 Å². The van der Waals surface area contributed by atoms with E-state index in [0.717, 1.165) is 5.39 Å². The lowest BCUT2D eigenvalue weighted by atomic mass is 10.2. The van der Waals surface area contributed by atoms with Gasteiger partial charge in [-0.2, -0.15) is 5.10 Å². The molecule has 20 heavy (non-hydrogen) atoms. The molecular weight excluding hydrogens is 278 g/mol. The Balaban J connectivity index is 2.17. The molecule has 0 radical (unpaired) electrons. The number of carboxylic acid groups (broad SMARTS) is 1. The van der Waals surface area contributed by atoms with E-state index < -0.39 is 5.97 Å². The summed E-state index contributed by atoms with van der Waals surface area (Å²) in [5.41, 5.74) is 0.588. The first kappa shape index (κ1) is 12.5. The van der Waals surface area contributed by atoms with Crippen molar-refractivity contribution in [1.29, 1.82) is 0 Å². The van der Waals surface area contributed by atoms with Gasteiger partial charge in [0.25, 0.3) is 0 Å². The zero-order chi connectivity index (χ0) is 14.1. The molecule has 7 nitrogen and oxygen atoms in total. The summed E-state index contributed by atoms with van der Waals surface area (Å²) in [4.78, 5) is 23.3. The average Bonchev–Trinajstić information content (AvgIpc) is 2.84. The fourth-order valence-corrected chi connectivity index (χ4v) is 2.55. The molecule has 8 heteroatoms. The van der Waals surface area contributed by atoms with Crippen LogP contribution in [-0.4, -0.2) is 35.8 Å². The van der Waals surface area contributed by atoms with Crippen molar-refractivity contribution in [3.63, 3.8) is 0 Å². The summed E-state index contributed by atoms with van der Waals surface area (Å²) in [6.45, 7) is 0. The van der Waals surface area contributed by atoms with Crippen LogP contribution in [0.15, 0.2) is 40.8 Å². The number of rotatable bonds is 3. The van der Waals surface area contributed by atoms with Crippen molar-refractivity contribution in [2.24, 2.45) is 7.05 Å². The molecule has 1 aromatic carbocycles. The summed E-state index contributed by atoms with van der Waals surface area (Å²) in [7, 11) is 1.76. The molecule has 0 saturated carbocycles. The van der Waals surface area contributed by atoms with Crippen molar-refractivity contribution < 1.29 is 9.90 Å². The van der Waals surface area contributed by atoms with Crippen LogP contribution >= 0.6 is 11.8 Å². The molecule has 0 bridgehead atoms. The van der Waals surface area contributed by atoms with E-state index in [1.807, 2.05) is 12.1 Å². The van der Waals surface area contributed by atoms with Gasteiger partial charge in [0, 0.05) is 12.4 Å². The highest BCUT2D eigenvalue weighted by molar-refractivity contribution is 7.99. The number of hydrogen-bond donors (Lipinski definition) is 1. The Labute approximate surface area is 117 Å².